The van der Waals surface area contributed by atoms with Gasteiger partial charge in [0.05, 0.1) is 11.7 Å². The average Bonchev–Trinajstić information content (AvgIpc) is 2.47. The Kier molecular flexibility index (Phi) is 5.42. The van der Waals surface area contributed by atoms with Crippen LogP contribution in [-0.2, 0) is 14.3 Å². The molecule has 0 aromatic rings. The molecule has 6 atom stereocenters. The molecule has 154 valence electrons. The average molecular weight is 384 g/mol. The predicted molar refractivity (Wildman–Crippen MR) is 97.6 cm³/mol. The first-order valence-corrected chi connectivity index (χ1v) is 9.35. The van der Waals surface area contributed by atoms with Crippen LogP contribution in [0, 0.1) is 11.3 Å². The van der Waals surface area contributed by atoms with E-state index in [0.717, 1.165) is 6.92 Å². The molecule has 27 heavy (non-hydrogen) atoms. The standard InChI is InChI=1S/C20H32O7/c1-11(21)19(5,25)16(23)27-15-7-8-18(4)10-13(22)12(17(2,3)24)9-14(18)20(15,6)26/h9,11,14-15,21,24-26H,7-8,10H2,1-6H3. The summed E-state index contributed by atoms with van der Waals surface area (Å²) in [4.78, 5) is 24.8. The molecule has 6 unspecified atom stereocenters. The van der Waals surface area contributed by atoms with Gasteiger partial charge in [0, 0.05) is 17.9 Å². The first kappa shape index (κ1) is 22.0. The number of carbonyl (C=O) groups is 2. The van der Waals surface area contributed by atoms with Gasteiger partial charge in [0.15, 0.2) is 11.4 Å². The minimum absolute atomic E-state index is 0.149. The molecule has 0 bridgehead atoms. The normalized spacial score (nSPS) is 37.7. The molecule has 2 aliphatic rings. The lowest BCUT2D eigenvalue weighted by atomic mass is 9.54. The van der Waals surface area contributed by atoms with Gasteiger partial charge < -0.3 is 25.2 Å². The van der Waals surface area contributed by atoms with Crippen molar-refractivity contribution in [1.82, 2.24) is 0 Å². The molecule has 7 heteroatoms. The molecule has 2 rings (SSSR count). The second-order valence-electron chi connectivity index (χ2n) is 9.35. The van der Waals surface area contributed by atoms with Gasteiger partial charge in [0.1, 0.15) is 11.7 Å². The maximum absolute atomic E-state index is 12.5. The highest BCUT2D eigenvalue weighted by atomic mass is 16.6. The number of rotatable bonds is 4. The second kappa shape index (κ2) is 6.65. The fourth-order valence-electron chi connectivity index (χ4n) is 4.25. The summed E-state index contributed by atoms with van der Waals surface area (Å²) in [6, 6.07) is 0. The van der Waals surface area contributed by atoms with Crippen molar-refractivity contribution in [1.29, 1.82) is 0 Å². The van der Waals surface area contributed by atoms with Crippen molar-refractivity contribution in [3.8, 4) is 0 Å². The molecule has 0 radical (unpaired) electrons. The maximum atomic E-state index is 12.5. The summed E-state index contributed by atoms with van der Waals surface area (Å²) in [5.41, 5.74) is -5.21. The highest BCUT2D eigenvalue weighted by Crippen LogP contribution is 2.53. The molecule has 0 amide bonds. The van der Waals surface area contributed by atoms with Crippen LogP contribution in [-0.4, -0.2) is 61.2 Å². The zero-order valence-corrected chi connectivity index (χ0v) is 16.9. The monoisotopic (exact) mass is 384 g/mol. The SMILES string of the molecule is CC(O)C(C)(O)C(=O)OC1CCC2(C)CC(=O)C(C(C)(C)O)=CC2C1(C)O. The number of aliphatic hydroxyl groups excluding tert-OH is 1. The Labute approximate surface area is 160 Å². The molecule has 0 spiro atoms. The summed E-state index contributed by atoms with van der Waals surface area (Å²) in [7, 11) is 0. The van der Waals surface area contributed by atoms with Crippen molar-refractivity contribution < 1.29 is 34.8 Å². The molecule has 0 aromatic heterocycles. The van der Waals surface area contributed by atoms with Crippen molar-refractivity contribution in [2.45, 2.75) is 89.8 Å². The van der Waals surface area contributed by atoms with Crippen LogP contribution in [0.1, 0.15) is 60.8 Å². The molecular weight excluding hydrogens is 352 g/mol. The Balaban J connectivity index is 2.37. The van der Waals surface area contributed by atoms with Crippen LogP contribution < -0.4 is 0 Å². The molecule has 2 aliphatic carbocycles. The first-order chi connectivity index (χ1) is 12.0. The Hall–Kier alpha value is -1.28. The number of aliphatic hydroxyl groups is 4. The highest BCUT2D eigenvalue weighted by molar-refractivity contribution is 5.98. The second-order valence-corrected chi connectivity index (χ2v) is 9.35. The van der Waals surface area contributed by atoms with E-state index in [0.29, 0.717) is 12.8 Å². The summed E-state index contributed by atoms with van der Waals surface area (Å²) in [5, 5.41) is 41.3. The van der Waals surface area contributed by atoms with E-state index < -0.39 is 46.3 Å². The third kappa shape index (κ3) is 3.83. The number of hydrogen-bond donors (Lipinski definition) is 4. The summed E-state index contributed by atoms with van der Waals surface area (Å²) >= 11 is 0. The molecule has 0 saturated heterocycles. The smallest absolute Gasteiger partial charge is 0.340 e. The minimum Gasteiger partial charge on any atom is -0.457 e. The van der Waals surface area contributed by atoms with E-state index in [1.807, 2.05) is 6.92 Å². The topological polar surface area (TPSA) is 124 Å². The quantitative estimate of drug-likeness (QED) is 0.530. The predicted octanol–water partition coefficient (Wildman–Crippen LogP) is 0.867. The third-order valence-electron chi connectivity index (χ3n) is 6.34. The largest absolute Gasteiger partial charge is 0.457 e. The molecule has 7 nitrogen and oxygen atoms in total. The zero-order chi connectivity index (χ0) is 21.0. The molecule has 0 aromatic carbocycles. The molecule has 1 saturated carbocycles. The lowest BCUT2D eigenvalue weighted by Gasteiger charge is -2.54. The van der Waals surface area contributed by atoms with Crippen LogP contribution in [0.3, 0.4) is 0 Å². The lowest BCUT2D eigenvalue weighted by Crippen LogP contribution is -2.60. The van der Waals surface area contributed by atoms with Crippen molar-refractivity contribution in [3.05, 3.63) is 11.6 Å². The Morgan fingerprint density at radius 1 is 1.30 bits per heavy atom. The van der Waals surface area contributed by atoms with Crippen molar-refractivity contribution >= 4 is 11.8 Å². The van der Waals surface area contributed by atoms with Gasteiger partial charge in [0.25, 0.3) is 0 Å². The summed E-state index contributed by atoms with van der Waals surface area (Å²) in [6.45, 7) is 8.93. The van der Waals surface area contributed by atoms with Crippen LogP contribution in [0.25, 0.3) is 0 Å². The van der Waals surface area contributed by atoms with E-state index in [1.54, 1.807) is 13.0 Å². The maximum Gasteiger partial charge on any atom is 0.340 e. The summed E-state index contributed by atoms with van der Waals surface area (Å²) in [5.74, 6) is -1.68. The summed E-state index contributed by atoms with van der Waals surface area (Å²) < 4.78 is 5.40. The van der Waals surface area contributed by atoms with Gasteiger partial charge in [-0.2, -0.15) is 0 Å². The zero-order valence-electron chi connectivity index (χ0n) is 16.9. The molecule has 1 fully saturated rings. The third-order valence-corrected chi connectivity index (χ3v) is 6.34. The lowest BCUT2D eigenvalue weighted by molar-refractivity contribution is -0.210. The van der Waals surface area contributed by atoms with Gasteiger partial charge in [-0.3, -0.25) is 4.79 Å². The van der Waals surface area contributed by atoms with E-state index in [1.165, 1.54) is 20.8 Å². The van der Waals surface area contributed by atoms with Crippen molar-refractivity contribution in [3.63, 3.8) is 0 Å². The van der Waals surface area contributed by atoms with Crippen LogP contribution in [0.15, 0.2) is 11.6 Å². The first-order valence-electron chi connectivity index (χ1n) is 9.35. The van der Waals surface area contributed by atoms with E-state index >= 15 is 0 Å². The van der Waals surface area contributed by atoms with Gasteiger partial charge in [-0.25, -0.2) is 4.79 Å². The fraction of sp³-hybridized carbons (Fsp3) is 0.800. The minimum atomic E-state index is -2.09. The number of carbonyl (C=O) groups excluding carboxylic acids is 2. The van der Waals surface area contributed by atoms with Gasteiger partial charge in [-0.05, 0) is 52.9 Å². The van der Waals surface area contributed by atoms with Gasteiger partial charge in [-0.1, -0.05) is 13.0 Å². The number of Topliss-reactive ketones (excluding diaryl/α,β-unsaturated/α-hetero) is 1. The van der Waals surface area contributed by atoms with Crippen molar-refractivity contribution in [2.75, 3.05) is 0 Å². The molecule has 0 aliphatic heterocycles. The Morgan fingerprint density at radius 3 is 2.33 bits per heavy atom. The van der Waals surface area contributed by atoms with E-state index in [9.17, 15) is 30.0 Å². The number of hydrogen-bond acceptors (Lipinski definition) is 7. The van der Waals surface area contributed by atoms with E-state index in [-0.39, 0.29) is 17.8 Å². The Morgan fingerprint density at radius 2 is 1.85 bits per heavy atom. The van der Waals surface area contributed by atoms with Crippen LogP contribution in [0.5, 0.6) is 0 Å². The van der Waals surface area contributed by atoms with Crippen LogP contribution in [0.2, 0.25) is 0 Å². The van der Waals surface area contributed by atoms with Crippen LogP contribution >= 0.6 is 0 Å². The highest BCUT2D eigenvalue weighted by Gasteiger charge is 2.57. The van der Waals surface area contributed by atoms with E-state index in [2.05, 4.69) is 0 Å². The number of esters is 1. The molecule has 0 heterocycles. The molecule has 4 N–H and O–H groups in total. The molecular formula is C20H32O7. The number of ketones is 1. The number of fused-ring (bicyclic) bond motifs is 1. The van der Waals surface area contributed by atoms with Gasteiger partial charge in [-0.15, -0.1) is 0 Å². The van der Waals surface area contributed by atoms with Crippen LogP contribution in [0.4, 0.5) is 0 Å². The van der Waals surface area contributed by atoms with Gasteiger partial charge >= 0.3 is 5.97 Å². The van der Waals surface area contributed by atoms with Gasteiger partial charge in [0.2, 0.25) is 0 Å². The summed E-state index contributed by atoms with van der Waals surface area (Å²) in [6.07, 6.45) is 0.400. The van der Waals surface area contributed by atoms with Crippen molar-refractivity contribution in [2.24, 2.45) is 11.3 Å². The Bertz CT molecular complexity index is 654. The fourth-order valence-corrected chi connectivity index (χ4v) is 4.25. The van der Waals surface area contributed by atoms with E-state index in [4.69, 9.17) is 4.74 Å². The number of ether oxygens (including phenoxy) is 1.